The van der Waals surface area contributed by atoms with Crippen LogP contribution < -0.4 is 5.32 Å². The van der Waals surface area contributed by atoms with Gasteiger partial charge in [-0.1, -0.05) is 237 Å². The van der Waals surface area contributed by atoms with E-state index in [1.165, 1.54) is 212 Å². The van der Waals surface area contributed by atoms with Crippen molar-refractivity contribution in [1.29, 1.82) is 0 Å². The third-order valence-corrected chi connectivity index (χ3v) is 11.5. The van der Waals surface area contributed by atoms with Gasteiger partial charge in [-0.25, -0.2) is 0 Å². The molecule has 0 spiro atoms. The molecule has 0 aliphatic heterocycles. The van der Waals surface area contributed by atoms with Crippen LogP contribution in [0.1, 0.15) is 264 Å². The average molecular weight is 776 g/mol. The second-order valence-corrected chi connectivity index (χ2v) is 17.1. The lowest BCUT2D eigenvalue weighted by Crippen LogP contribution is -2.45. The van der Waals surface area contributed by atoms with Crippen molar-refractivity contribution >= 4 is 5.91 Å². The van der Waals surface area contributed by atoms with E-state index in [2.05, 4.69) is 31.3 Å². The first-order chi connectivity index (χ1) is 27.0. The maximum atomic E-state index is 12.4. The number of hydrogen-bond acceptors (Lipinski definition) is 4. The summed E-state index contributed by atoms with van der Waals surface area (Å²) in [5, 5.41) is 33.2. The molecular formula is C50H97NO4. The van der Waals surface area contributed by atoms with Gasteiger partial charge in [0.05, 0.1) is 31.3 Å². The lowest BCUT2D eigenvalue weighted by atomic mass is 10.0. The Labute approximate surface area is 343 Å². The van der Waals surface area contributed by atoms with E-state index in [1.807, 2.05) is 6.08 Å². The van der Waals surface area contributed by atoms with Gasteiger partial charge in [0.25, 0.3) is 0 Å². The second-order valence-electron chi connectivity index (χ2n) is 17.1. The van der Waals surface area contributed by atoms with Crippen LogP contribution in [-0.2, 0) is 4.79 Å². The van der Waals surface area contributed by atoms with Gasteiger partial charge >= 0.3 is 0 Å². The number of carbonyl (C=O) groups is 1. The first kappa shape index (κ1) is 53.8. The molecule has 0 heterocycles. The third-order valence-electron chi connectivity index (χ3n) is 11.5. The zero-order chi connectivity index (χ0) is 40.1. The van der Waals surface area contributed by atoms with Crippen molar-refractivity contribution in [3.8, 4) is 0 Å². The van der Waals surface area contributed by atoms with Crippen LogP contribution in [0.3, 0.4) is 0 Å². The van der Waals surface area contributed by atoms with Crippen LogP contribution in [0.15, 0.2) is 24.3 Å². The fourth-order valence-electron chi connectivity index (χ4n) is 7.69. The number of rotatable bonds is 45. The SMILES string of the molecule is CCCCCCCCCC/C=C/C(O)C(CO)NC(=O)CC(O)CCCCCCCCCCCCCCCC/C=C\CCCCCCCCCCCCCC. The van der Waals surface area contributed by atoms with Crippen molar-refractivity contribution in [2.75, 3.05) is 6.61 Å². The average Bonchev–Trinajstić information content (AvgIpc) is 3.18. The van der Waals surface area contributed by atoms with Gasteiger partial charge in [0.2, 0.25) is 5.91 Å². The van der Waals surface area contributed by atoms with Gasteiger partial charge in [-0.2, -0.15) is 0 Å². The van der Waals surface area contributed by atoms with Gasteiger partial charge < -0.3 is 20.6 Å². The number of hydrogen-bond donors (Lipinski definition) is 4. The van der Waals surface area contributed by atoms with Crippen LogP contribution in [0.25, 0.3) is 0 Å². The minimum absolute atomic E-state index is 0.0160. The highest BCUT2D eigenvalue weighted by Crippen LogP contribution is 2.16. The van der Waals surface area contributed by atoms with E-state index in [0.29, 0.717) is 6.42 Å². The number of nitrogens with one attached hydrogen (secondary N) is 1. The third kappa shape index (κ3) is 42.3. The largest absolute Gasteiger partial charge is 0.394 e. The van der Waals surface area contributed by atoms with Crippen molar-refractivity contribution in [2.24, 2.45) is 0 Å². The van der Waals surface area contributed by atoms with E-state index in [-0.39, 0.29) is 18.9 Å². The number of amides is 1. The zero-order valence-electron chi connectivity index (χ0n) is 37.1. The molecule has 0 bridgehead atoms. The van der Waals surface area contributed by atoms with Gasteiger partial charge in [0.1, 0.15) is 0 Å². The summed E-state index contributed by atoms with van der Waals surface area (Å²) in [6.45, 7) is 4.20. The predicted octanol–water partition coefficient (Wildman–Crippen LogP) is 14.6. The van der Waals surface area contributed by atoms with Crippen LogP contribution in [-0.4, -0.2) is 46.1 Å². The zero-order valence-corrected chi connectivity index (χ0v) is 37.1. The fourth-order valence-corrected chi connectivity index (χ4v) is 7.69. The number of aliphatic hydroxyl groups is 3. The first-order valence-corrected chi connectivity index (χ1v) is 24.6. The highest BCUT2D eigenvalue weighted by molar-refractivity contribution is 5.76. The van der Waals surface area contributed by atoms with Crippen LogP contribution in [0.4, 0.5) is 0 Å². The molecule has 0 aromatic heterocycles. The molecular weight excluding hydrogens is 679 g/mol. The molecule has 0 aliphatic carbocycles. The van der Waals surface area contributed by atoms with E-state index < -0.39 is 18.2 Å². The molecule has 3 atom stereocenters. The highest BCUT2D eigenvalue weighted by atomic mass is 16.3. The molecule has 5 heteroatoms. The Hall–Kier alpha value is -1.17. The van der Waals surface area contributed by atoms with Crippen molar-refractivity contribution < 1.29 is 20.1 Å². The summed E-state index contributed by atoms with van der Waals surface area (Å²) in [5.41, 5.74) is 0. The maximum Gasteiger partial charge on any atom is 0.222 e. The Kier molecular flexibility index (Phi) is 44.6. The van der Waals surface area contributed by atoms with Crippen molar-refractivity contribution in [3.05, 3.63) is 24.3 Å². The Morgan fingerprint density at radius 2 is 0.764 bits per heavy atom. The van der Waals surface area contributed by atoms with Crippen LogP contribution >= 0.6 is 0 Å². The molecule has 3 unspecified atom stereocenters. The van der Waals surface area contributed by atoms with Crippen LogP contribution in [0, 0.1) is 0 Å². The summed E-state index contributed by atoms with van der Waals surface area (Å²) >= 11 is 0. The lowest BCUT2D eigenvalue weighted by Gasteiger charge is -2.21. The van der Waals surface area contributed by atoms with Gasteiger partial charge in [-0.3, -0.25) is 4.79 Å². The number of unbranched alkanes of at least 4 members (excludes halogenated alkanes) is 34. The summed E-state index contributed by atoms with van der Waals surface area (Å²) in [7, 11) is 0. The topological polar surface area (TPSA) is 89.8 Å². The minimum Gasteiger partial charge on any atom is -0.394 e. The summed E-state index contributed by atoms with van der Waals surface area (Å²) in [6, 6.07) is -0.740. The Morgan fingerprint density at radius 1 is 0.455 bits per heavy atom. The maximum absolute atomic E-state index is 12.4. The summed E-state index contributed by atoms with van der Waals surface area (Å²) in [6.07, 6.45) is 56.4. The molecule has 0 saturated heterocycles. The number of allylic oxidation sites excluding steroid dienone is 3. The normalized spacial score (nSPS) is 13.6. The van der Waals surface area contributed by atoms with Crippen LogP contribution in [0.2, 0.25) is 0 Å². The number of carbonyl (C=O) groups excluding carboxylic acids is 1. The molecule has 0 saturated carbocycles. The first-order valence-electron chi connectivity index (χ1n) is 24.6. The summed E-state index contributed by atoms with van der Waals surface area (Å²) in [4.78, 5) is 12.4. The van der Waals surface area contributed by atoms with Crippen LogP contribution in [0.5, 0.6) is 0 Å². The Bertz CT molecular complexity index is 814. The van der Waals surface area contributed by atoms with Crippen molar-refractivity contribution in [1.82, 2.24) is 5.32 Å². The highest BCUT2D eigenvalue weighted by Gasteiger charge is 2.20. The molecule has 0 radical (unpaired) electrons. The molecule has 5 nitrogen and oxygen atoms in total. The molecule has 0 rings (SSSR count). The summed E-state index contributed by atoms with van der Waals surface area (Å²) < 4.78 is 0. The molecule has 1 amide bonds. The molecule has 4 N–H and O–H groups in total. The summed E-state index contributed by atoms with van der Waals surface area (Å²) in [5.74, 6) is -0.315. The molecule has 0 fully saturated rings. The standard InChI is InChI=1S/C50H97NO4/c1-3-5-7-9-11-13-15-16-17-18-19-20-21-22-23-24-25-26-27-28-29-30-31-32-33-34-35-37-39-41-43-47(53)45-50(55)51-48(46-52)49(54)44-42-40-38-36-14-12-10-8-6-4-2/h22-23,42,44,47-49,52-54H,3-21,24-41,43,45-46H2,1-2H3,(H,51,55)/b23-22-,44-42+. The van der Waals surface area contributed by atoms with Gasteiger partial charge in [-0.15, -0.1) is 0 Å². The lowest BCUT2D eigenvalue weighted by molar-refractivity contribution is -0.124. The smallest absolute Gasteiger partial charge is 0.222 e. The minimum atomic E-state index is -0.925. The molecule has 326 valence electrons. The van der Waals surface area contributed by atoms with E-state index in [0.717, 1.165) is 25.7 Å². The molecule has 0 aromatic rings. The van der Waals surface area contributed by atoms with Crippen molar-refractivity contribution in [3.63, 3.8) is 0 Å². The second kappa shape index (κ2) is 45.5. The molecule has 0 aliphatic rings. The van der Waals surface area contributed by atoms with Gasteiger partial charge in [0, 0.05) is 0 Å². The number of aliphatic hydroxyl groups excluding tert-OH is 3. The van der Waals surface area contributed by atoms with E-state index in [9.17, 15) is 20.1 Å². The van der Waals surface area contributed by atoms with Gasteiger partial charge in [-0.05, 0) is 44.9 Å². The van der Waals surface area contributed by atoms with E-state index in [1.54, 1.807) is 6.08 Å². The predicted molar refractivity (Wildman–Crippen MR) is 241 cm³/mol. The fraction of sp³-hybridized carbons (Fsp3) is 0.900. The Balaban J connectivity index is 3.49. The van der Waals surface area contributed by atoms with Crippen molar-refractivity contribution in [2.45, 2.75) is 283 Å². The Morgan fingerprint density at radius 3 is 1.11 bits per heavy atom. The monoisotopic (exact) mass is 776 g/mol. The molecule has 0 aromatic carbocycles. The van der Waals surface area contributed by atoms with E-state index in [4.69, 9.17) is 0 Å². The quantitative estimate of drug-likeness (QED) is 0.0366. The van der Waals surface area contributed by atoms with E-state index >= 15 is 0 Å². The van der Waals surface area contributed by atoms with Gasteiger partial charge in [0.15, 0.2) is 0 Å². The molecule has 55 heavy (non-hydrogen) atoms.